The second-order valence-corrected chi connectivity index (χ2v) is 7.67. The lowest BCUT2D eigenvalue weighted by Gasteiger charge is -2.19. The second-order valence-electron chi connectivity index (χ2n) is 7.67. The summed E-state index contributed by atoms with van der Waals surface area (Å²) < 4.78 is 54.3. The molecule has 1 saturated heterocycles. The lowest BCUT2D eigenvalue weighted by molar-refractivity contribution is -0.141. The number of hydrogen-bond acceptors (Lipinski definition) is 5. The topological polar surface area (TPSA) is 92.6 Å². The van der Waals surface area contributed by atoms with Gasteiger partial charge in [0, 0.05) is 30.9 Å². The van der Waals surface area contributed by atoms with E-state index in [9.17, 15) is 22.4 Å². The first-order valence-electron chi connectivity index (χ1n) is 10.4. The summed E-state index contributed by atoms with van der Waals surface area (Å²) in [5, 5.41) is 4.35. The van der Waals surface area contributed by atoms with E-state index in [0.717, 1.165) is 49.1 Å². The van der Waals surface area contributed by atoms with E-state index in [1.54, 1.807) is 4.90 Å². The van der Waals surface area contributed by atoms with Gasteiger partial charge >= 0.3 is 6.18 Å². The van der Waals surface area contributed by atoms with E-state index >= 15 is 0 Å². The molecule has 0 atom stereocenters. The quantitative estimate of drug-likeness (QED) is 0.592. The third-order valence-electron chi connectivity index (χ3n) is 5.23. The summed E-state index contributed by atoms with van der Waals surface area (Å²) in [4.78, 5) is 29.0. The summed E-state index contributed by atoms with van der Waals surface area (Å²) in [5.74, 6) is -1.04. The van der Waals surface area contributed by atoms with Gasteiger partial charge in [-0.3, -0.25) is 14.5 Å². The van der Waals surface area contributed by atoms with Gasteiger partial charge in [-0.05, 0) is 18.9 Å². The molecule has 1 N–H and O–H groups in total. The largest absolute Gasteiger partial charge is 0.408 e. The minimum Gasteiger partial charge on any atom is -0.356 e. The van der Waals surface area contributed by atoms with E-state index in [2.05, 4.69) is 25.0 Å². The van der Waals surface area contributed by atoms with Gasteiger partial charge in [0.2, 0.25) is 0 Å². The maximum absolute atomic E-state index is 13.7. The number of aromatic amines is 1. The Kier molecular flexibility index (Phi) is 6.52. The molecule has 1 amide bonds. The molecular weight excluding hydrogens is 442 g/mol. The van der Waals surface area contributed by atoms with E-state index < -0.39 is 18.5 Å². The van der Waals surface area contributed by atoms with Crippen LogP contribution < -0.4 is 0 Å². The number of pyridine rings is 1. The monoisotopic (exact) mass is 463 g/mol. The van der Waals surface area contributed by atoms with Gasteiger partial charge in [0.25, 0.3) is 5.91 Å². The predicted octanol–water partition coefficient (Wildman–Crippen LogP) is 4.06. The number of alkyl halides is 3. The number of fused-ring (bicyclic) bond motifs is 1. The summed E-state index contributed by atoms with van der Waals surface area (Å²) in [6, 6.07) is 1.32. The summed E-state index contributed by atoms with van der Waals surface area (Å²) in [6.45, 7) is -0.199. The van der Waals surface area contributed by atoms with Crippen LogP contribution in [0.25, 0.3) is 22.3 Å². The molecule has 4 heterocycles. The first kappa shape index (κ1) is 22.6. The van der Waals surface area contributed by atoms with Gasteiger partial charge in [-0.15, -0.1) is 0 Å². The highest BCUT2D eigenvalue weighted by atomic mass is 19.4. The van der Waals surface area contributed by atoms with Crippen molar-refractivity contribution in [1.82, 2.24) is 34.6 Å². The summed E-state index contributed by atoms with van der Waals surface area (Å²) in [6.07, 6.45) is 4.84. The number of nitrogens with one attached hydrogen (secondary N) is 1. The number of halogens is 4. The van der Waals surface area contributed by atoms with Gasteiger partial charge in [-0.1, -0.05) is 12.8 Å². The molecule has 0 aromatic carbocycles. The SMILES string of the molecule is O=C(c1cc2c(cn1)c(-c1cncncc(F)c[nH]1)nn2CC(F)(F)F)N1CCCCCC1. The highest BCUT2D eigenvalue weighted by Crippen LogP contribution is 2.29. The summed E-state index contributed by atoms with van der Waals surface area (Å²) in [5.41, 5.74) is 0.362. The Morgan fingerprint density at radius 1 is 1.06 bits per heavy atom. The van der Waals surface area contributed by atoms with Crippen molar-refractivity contribution in [2.75, 3.05) is 13.1 Å². The number of likely N-dealkylation sites (tertiary alicyclic amines) is 1. The average molecular weight is 463 g/mol. The van der Waals surface area contributed by atoms with E-state index in [1.807, 2.05) is 0 Å². The fourth-order valence-electron chi connectivity index (χ4n) is 3.71. The molecule has 1 aliphatic rings. The van der Waals surface area contributed by atoms with Gasteiger partial charge in [-0.2, -0.15) is 18.3 Å². The molecule has 174 valence electrons. The van der Waals surface area contributed by atoms with Gasteiger partial charge in [-0.25, -0.2) is 14.4 Å². The van der Waals surface area contributed by atoms with Crippen LogP contribution in [0.1, 0.15) is 36.2 Å². The summed E-state index contributed by atoms with van der Waals surface area (Å²) >= 11 is 0. The Morgan fingerprint density at radius 2 is 1.79 bits per heavy atom. The molecule has 8 nitrogen and oxygen atoms in total. The van der Waals surface area contributed by atoms with Crippen LogP contribution in [0, 0.1) is 5.82 Å². The zero-order valence-electron chi connectivity index (χ0n) is 17.5. The lowest BCUT2D eigenvalue weighted by Crippen LogP contribution is -2.32. The van der Waals surface area contributed by atoms with Crippen molar-refractivity contribution in [3.63, 3.8) is 0 Å². The van der Waals surface area contributed by atoms with Crippen LogP contribution in [0.3, 0.4) is 0 Å². The van der Waals surface area contributed by atoms with E-state index in [0.29, 0.717) is 13.1 Å². The number of aromatic nitrogens is 6. The lowest BCUT2D eigenvalue weighted by atomic mass is 10.2. The van der Waals surface area contributed by atoms with Crippen molar-refractivity contribution < 1.29 is 22.4 Å². The fraction of sp³-hybridized carbons (Fsp3) is 0.381. The van der Waals surface area contributed by atoms with Crippen molar-refractivity contribution in [2.45, 2.75) is 38.4 Å². The van der Waals surface area contributed by atoms with Crippen LogP contribution in [0.5, 0.6) is 0 Å². The third-order valence-corrected chi connectivity index (χ3v) is 5.23. The van der Waals surface area contributed by atoms with Crippen LogP contribution in [-0.2, 0) is 6.54 Å². The van der Waals surface area contributed by atoms with Crippen LogP contribution in [-0.4, -0.2) is 59.8 Å². The zero-order chi connectivity index (χ0) is 23.4. The molecule has 3 aromatic heterocycles. The minimum absolute atomic E-state index is 0.0491. The normalized spacial score (nSPS) is 14.7. The second kappa shape index (κ2) is 9.51. The number of amides is 1. The maximum atomic E-state index is 13.7. The Morgan fingerprint density at radius 3 is 2.52 bits per heavy atom. The third kappa shape index (κ3) is 5.44. The molecule has 12 heteroatoms. The van der Waals surface area contributed by atoms with E-state index in [4.69, 9.17) is 0 Å². The number of carbonyl (C=O) groups excluding carboxylic acids is 1. The number of rotatable bonds is 3. The van der Waals surface area contributed by atoms with Crippen molar-refractivity contribution in [3.8, 4) is 11.4 Å². The van der Waals surface area contributed by atoms with Gasteiger partial charge in [0.05, 0.1) is 23.6 Å². The molecule has 0 radical (unpaired) electrons. The zero-order valence-corrected chi connectivity index (χ0v) is 17.5. The number of carbonyl (C=O) groups is 1. The Labute approximate surface area is 186 Å². The van der Waals surface area contributed by atoms with Gasteiger partial charge in [0.15, 0.2) is 5.82 Å². The molecule has 0 spiro atoms. The molecule has 4 rings (SSSR count). The molecule has 33 heavy (non-hydrogen) atoms. The molecule has 0 unspecified atom stereocenters. The molecule has 1 aliphatic heterocycles. The molecule has 1 fully saturated rings. The first-order valence-corrected chi connectivity index (χ1v) is 10.4. The number of hydrogen-bond donors (Lipinski definition) is 1. The molecule has 0 bridgehead atoms. The first-order chi connectivity index (χ1) is 15.8. The van der Waals surface area contributed by atoms with Crippen molar-refractivity contribution in [1.29, 1.82) is 0 Å². The van der Waals surface area contributed by atoms with Crippen LogP contribution in [0.4, 0.5) is 17.6 Å². The van der Waals surface area contributed by atoms with Crippen molar-refractivity contribution in [3.05, 3.63) is 48.7 Å². The molecule has 0 aliphatic carbocycles. The number of nitrogens with zero attached hydrogens (tertiary/aromatic N) is 6. The highest BCUT2D eigenvalue weighted by molar-refractivity contribution is 5.98. The van der Waals surface area contributed by atoms with Gasteiger partial charge < -0.3 is 9.88 Å². The molecule has 0 saturated carbocycles. The minimum atomic E-state index is -4.55. The van der Waals surface area contributed by atoms with E-state index in [1.165, 1.54) is 18.5 Å². The standard InChI is InChI=1S/C21H21F4N7O/c22-14-8-26-13-27-11-17(28-9-14)19-15-10-29-16(20(33)31-5-3-1-2-4-6-31)7-18(15)32(30-19)12-21(23,24)25/h7-11,13,28H,1-6,12H2. The molecule has 3 aromatic rings. The van der Waals surface area contributed by atoms with Crippen LogP contribution >= 0.6 is 0 Å². The fourth-order valence-corrected chi connectivity index (χ4v) is 3.71. The summed E-state index contributed by atoms with van der Waals surface area (Å²) in [7, 11) is 0. The average Bonchev–Trinajstić information content (AvgIpc) is 2.95. The smallest absolute Gasteiger partial charge is 0.356 e. The highest BCUT2D eigenvalue weighted by Gasteiger charge is 2.31. The maximum Gasteiger partial charge on any atom is 0.408 e. The Balaban J connectivity index is 1.83. The van der Waals surface area contributed by atoms with Crippen LogP contribution in [0.2, 0.25) is 0 Å². The number of H-pyrrole nitrogens is 1. The van der Waals surface area contributed by atoms with Crippen LogP contribution in [0.15, 0.2) is 37.2 Å². The molecular formula is C21H21F4N7O. The Hall–Kier alpha value is -3.57. The van der Waals surface area contributed by atoms with E-state index in [-0.39, 0.29) is 33.9 Å². The predicted molar refractivity (Wildman–Crippen MR) is 111 cm³/mol. The Bertz CT molecular complexity index is 1190. The van der Waals surface area contributed by atoms with Crippen molar-refractivity contribution in [2.24, 2.45) is 0 Å². The van der Waals surface area contributed by atoms with Gasteiger partial charge in [0.1, 0.15) is 24.3 Å². The van der Waals surface area contributed by atoms with Crippen molar-refractivity contribution >= 4 is 16.8 Å².